The molecule has 1 aromatic heterocycles. The van der Waals surface area contributed by atoms with E-state index in [4.69, 9.17) is 9.15 Å². The number of anilines is 1. The molecule has 0 atom stereocenters. The summed E-state index contributed by atoms with van der Waals surface area (Å²) in [5, 5.41) is 9.06. The fourth-order valence-electron chi connectivity index (χ4n) is 2.84. The second-order valence-corrected chi connectivity index (χ2v) is 8.14. The standard InChI is InChI=1S/C24H23BrN4O5/c1-15-5-3-7-20(16(15)2)28-22(30)14-34-21-9-8-18(25)11-17(21)12-27-29-24(32)23(31)26-13-19-6-4-10-33-19/h3-12H,13-14H2,1-2H3,(H,26,31)(H,28,30)(H,29,32)/b27-12-. The number of nitrogens with one attached hydrogen (secondary N) is 3. The molecule has 0 aliphatic heterocycles. The SMILES string of the molecule is Cc1cccc(NC(=O)COc2ccc(Br)cc2/C=N\NC(=O)C(=O)NCc2ccco2)c1C. The third kappa shape index (κ3) is 7.04. The van der Waals surface area contributed by atoms with E-state index in [1.807, 2.05) is 32.0 Å². The summed E-state index contributed by atoms with van der Waals surface area (Å²) in [6.45, 7) is 3.76. The van der Waals surface area contributed by atoms with Gasteiger partial charge in [-0.2, -0.15) is 5.10 Å². The average Bonchev–Trinajstić information content (AvgIpc) is 3.33. The van der Waals surface area contributed by atoms with Gasteiger partial charge in [0.2, 0.25) is 0 Å². The number of aryl methyl sites for hydroxylation is 1. The van der Waals surface area contributed by atoms with Gasteiger partial charge >= 0.3 is 11.8 Å². The van der Waals surface area contributed by atoms with Crippen molar-refractivity contribution in [2.24, 2.45) is 5.10 Å². The lowest BCUT2D eigenvalue weighted by molar-refractivity contribution is -0.139. The second kappa shape index (κ2) is 11.8. The molecule has 0 aliphatic carbocycles. The zero-order chi connectivity index (χ0) is 24.5. The fourth-order valence-corrected chi connectivity index (χ4v) is 3.22. The molecule has 0 unspecified atom stereocenters. The van der Waals surface area contributed by atoms with Gasteiger partial charge in [-0.05, 0) is 61.4 Å². The first-order valence-electron chi connectivity index (χ1n) is 10.3. The smallest absolute Gasteiger partial charge is 0.329 e. The van der Waals surface area contributed by atoms with Gasteiger partial charge in [-0.1, -0.05) is 28.1 Å². The topological polar surface area (TPSA) is 122 Å². The number of furan rings is 1. The Balaban J connectivity index is 1.55. The molecule has 0 radical (unpaired) electrons. The van der Waals surface area contributed by atoms with Gasteiger partial charge in [0.05, 0.1) is 19.0 Å². The van der Waals surface area contributed by atoms with Gasteiger partial charge in [-0.3, -0.25) is 14.4 Å². The van der Waals surface area contributed by atoms with Crippen molar-refractivity contribution in [1.29, 1.82) is 0 Å². The fraction of sp³-hybridized carbons (Fsp3) is 0.167. The molecular formula is C24H23BrN4O5. The van der Waals surface area contributed by atoms with Gasteiger partial charge in [0.15, 0.2) is 6.61 Å². The largest absolute Gasteiger partial charge is 0.483 e. The van der Waals surface area contributed by atoms with Crippen LogP contribution in [0.15, 0.2) is 68.8 Å². The van der Waals surface area contributed by atoms with Crippen molar-refractivity contribution in [2.45, 2.75) is 20.4 Å². The quantitative estimate of drug-likeness (QED) is 0.235. The zero-order valence-electron chi connectivity index (χ0n) is 18.6. The van der Waals surface area contributed by atoms with E-state index in [-0.39, 0.29) is 19.1 Å². The first-order chi connectivity index (χ1) is 16.3. The van der Waals surface area contributed by atoms with Crippen LogP contribution in [0.3, 0.4) is 0 Å². The summed E-state index contributed by atoms with van der Waals surface area (Å²) in [5.41, 5.74) is 5.42. The van der Waals surface area contributed by atoms with Gasteiger partial charge in [0, 0.05) is 15.7 Å². The summed E-state index contributed by atoms with van der Waals surface area (Å²) in [7, 11) is 0. The molecule has 3 rings (SSSR count). The lowest BCUT2D eigenvalue weighted by Gasteiger charge is -2.12. The molecule has 3 aromatic rings. The Hall–Kier alpha value is -3.92. The number of hydrogen-bond donors (Lipinski definition) is 3. The number of halogens is 1. The molecule has 2 aromatic carbocycles. The molecule has 176 valence electrons. The number of hydrazone groups is 1. The molecule has 0 spiro atoms. The van der Waals surface area contributed by atoms with Crippen molar-refractivity contribution in [2.75, 3.05) is 11.9 Å². The van der Waals surface area contributed by atoms with Crippen LogP contribution >= 0.6 is 15.9 Å². The predicted molar refractivity (Wildman–Crippen MR) is 130 cm³/mol. The number of nitrogens with zero attached hydrogens (tertiary/aromatic N) is 1. The lowest BCUT2D eigenvalue weighted by atomic mass is 10.1. The average molecular weight is 527 g/mol. The van der Waals surface area contributed by atoms with Gasteiger partial charge in [-0.25, -0.2) is 5.43 Å². The summed E-state index contributed by atoms with van der Waals surface area (Å²) in [5.74, 6) is -1.22. The minimum absolute atomic E-state index is 0.0801. The zero-order valence-corrected chi connectivity index (χ0v) is 20.1. The van der Waals surface area contributed by atoms with Crippen molar-refractivity contribution < 1.29 is 23.5 Å². The number of carbonyl (C=O) groups is 3. The van der Waals surface area contributed by atoms with Crippen LogP contribution in [-0.2, 0) is 20.9 Å². The number of amides is 3. The van der Waals surface area contributed by atoms with Gasteiger partial charge in [0.1, 0.15) is 11.5 Å². The third-order valence-corrected chi connectivity index (χ3v) is 5.28. The highest BCUT2D eigenvalue weighted by molar-refractivity contribution is 9.10. The van der Waals surface area contributed by atoms with Gasteiger partial charge in [-0.15, -0.1) is 0 Å². The van der Waals surface area contributed by atoms with Crippen LogP contribution in [0.5, 0.6) is 5.75 Å². The minimum atomic E-state index is -0.937. The van der Waals surface area contributed by atoms with E-state index >= 15 is 0 Å². The van der Waals surface area contributed by atoms with Crippen molar-refractivity contribution in [1.82, 2.24) is 10.7 Å². The molecule has 0 fully saturated rings. The minimum Gasteiger partial charge on any atom is -0.483 e. The maximum absolute atomic E-state index is 12.4. The number of carbonyl (C=O) groups excluding carboxylic acids is 3. The number of benzene rings is 2. The Kier molecular flexibility index (Phi) is 8.58. The molecule has 3 N–H and O–H groups in total. The predicted octanol–water partition coefficient (Wildman–Crippen LogP) is 3.44. The molecular weight excluding hydrogens is 504 g/mol. The van der Waals surface area contributed by atoms with E-state index in [0.29, 0.717) is 17.1 Å². The normalized spacial score (nSPS) is 10.7. The lowest BCUT2D eigenvalue weighted by Crippen LogP contribution is -2.37. The third-order valence-electron chi connectivity index (χ3n) is 4.79. The highest BCUT2D eigenvalue weighted by Gasteiger charge is 2.13. The highest BCUT2D eigenvalue weighted by atomic mass is 79.9. The summed E-state index contributed by atoms with van der Waals surface area (Å²) in [4.78, 5) is 36.1. The summed E-state index contributed by atoms with van der Waals surface area (Å²) >= 11 is 3.36. The monoisotopic (exact) mass is 526 g/mol. The van der Waals surface area contributed by atoms with E-state index in [2.05, 4.69) is 37.1 Å². The molecule has 0 bridgehead atoms. The molecule has 10 heteroatoms. The molecule has 0 saturated heterocycles. The molecule has 0 saturated carbocycles. The van der Waals surface area contributed by atoms with Crippen LogP contribution in [0.4, 0.5) is 5.69 Å². The maximum atomic E-state index is 12.4. The van der Waals surface area contributed by atoms with E-state index in [0.717, 1.165) is 21.3 Å². The van der Waals surface area contributed by atoms with E-state index in [1.165, 1.54) is 12.5 Å². The van der Waals surface area contributed by atoms with Crippen LogP contribution in [0.2, 0.25) is 0 Å². The first-order valence-corrected chi connectivity index (χ1v) is 11.0. The Labute approximate surface area is 204 Å². The summed E-state index contributed by atoms with van der Waals surface area (Å²) < 4.78 is 11.5. The van der Waals surface area contributed by atoms with Crippen LogP contribution in [-0.4, -0.2) is 30.5 Å². The van der Waals surface area contributed by atoms with E-state index < -0.39 is 11.8 Å². The maximum Gasteiger partial charge on any atom is 0.329 e. The van der Waals surface area contributed by atoms with E-state index in [1.54, 1.807) is 30.3 Å². The molecule has 1 heterocycles. The number of hydrogen-bond acceptors (Lipinski definition) is 6. The van der Waals surface area contributed by atoms with Gasteiger partial charge in [0.25, 0.3) is 5.91 Å². The van der Waals surface area contributed by atoms with Crippen LogP contribution in [0.1, 0.15) is 22.5 Å². The highest BCUT2D eigenvalue weighted by Crippen LogP contribution is 2.22. The van der Waals surface area contributed by atoms with Crippen LogP contribution in [0, 0.1) is 13.8 Å². The molecule has 9 nitrogen and oxygen atoms in total. The molecule has 0 aliphatic rings. The van der Waals surface area contributed by atoms with E-state index in [9.17, 15) is 14.4 Å². The second-order valence-electron chi connectivity index (χ2n) is 7.23. The summed E-state index contributed by atoms with van der Waals surface area (Å²) in [6.07, 6.45) is 2.79. The summed E-state index contributed by atoms with van der Waals surface area (Å²) in [6, 6.07) is 14.1. The van der Waals surface area contributed by atoms with Crippen molar-refractivity contribution in [3.05, 3.63) is 81.7 Å². The Morgan fingerprint density at radius 1 is 1.09 bits per heavy atom. The number of rotatable bonds is 8. The molecule has 34 heavy (non-hydrogen) atoms. The van der Waals surface area contributed by atoms with Gasteiger partial charge < -0.3 is 19.8 Å². The Morgan fingerprint density at radius 2 is 1.91 bits per heavy atom. The van der Waals surface area contributed by atoms with Crippen molar-refractivity contribution >= 4 is 45.6 Å². The van der Waals surface area contributed by atoms with Crippen molar-refractivity contribution in [3.63, 3.8) is 0 Å². The van der Waals surface area contributed by atoms with Crippen LogP contribution < -0.4 is 20.8 Å². The van der Waals surface area contributed by atoms with Crippen molar-refractivity contribution in [3.8, 4) is 5.75 Å². The molecule has 3 amide bonds. The van der Waals surface area contributed by atoms with Crippen LogP contribution in [0.25, 0.3) is 0 Å². The Morgan fingerprint density at radius 3 is 2.68 bits per heavy atom. The number of ether oxygens (including phenoxy) is 1. The first kappa shape index (κ1) is 24.7. The Bertz CT molecular complexity index is 1210.